The van der Waals surface area contributed by atoms with E-state index in [1.54, 1.807) is 17.4 Å². The molecule has 0 unspecified atom stereocenters. The number of carbonyl (C=O) groups excluding carboxylic acids is 1. The lowest BCUT2D eigenvalue weighted by atomic mass is 10.2. The summed E-state index contributed by atoms with van der Waals surface area (Å²) < 4.78 is 0. The van der Waals surface area contributed by atoms with E-state index in [0.29, 0.717) is 0 Å². The number of aldehydes is 1. The normalized spacial score (nSPS) is 10.8. The Morgan fingerprint density at radius 1 is 1.12 bits per heavy atom. The van der Waals surface area contributed by atoms with Gasteiger partial charge >= 0.3 is 0 Å². The molecule has 1 heterocycles. The van der Waals surface area contributed by atoms with Gasteiger partial charge in [-0.05, 0) is 30.4 Å². The lowest BCUT2D eigenvalue weighted by molar-refractivity contribution is -0.104. The second-order valence-electron chi connectivity index (χ2n) is 3.18. The number of benzene rings is 1. The van der Waals surface area contributed by atoms with Gasteiger partial charge in [0.2, 0.25) is 0 Å². The number of hydrogen-bond donors (Lipinski definition) is 0. The molecule has 80 valence electrons. The highest BCUT2D eigenvalue weighted by molar-refractivity contribution is 7.16. The largest absolute Gasteiger partial charge is 0.299 e. The van der Waals surface area contributed by atoms with Crippen LogP contribution in [0.1, 0.15) is 4.88 Å². The van der Waals surface area contributed by atoms with Gasteiger partial charge in [-0.1, -0.05) is 29.8 Å². The van der Waals surface area contributed by atoms with Gasteiger partial charge in [0.15, 0.2) is 0 Å². The van der Waals surface area contributed by atoms with Crippen molar-refractivity contribution in [3.63, 3.8) is 0 Å². The van der Waals surface area contributed by atoms with Gasteiger partial charge in [0, 0.05) is 20.3 Å². The summed E-state index contributed by atoms with van der Waals surface area (Å²) in [5.41, 5.74) is 1.03. The summed E-state index contributed by atoms with van der Waals surface area (Å²) in [4.78, 5) is 12.4. The summed E-state index contributed by atoms with van der Waals surface area (Å²) in [6.07, 6.45) is 4.05. The Bertz CT molecular complexity index is 528. The molecule has 0 fully saturated rings. The monoisotopic (exact) mass is 248 g/mol. The molecule has 0 atom stereocenters. The molecule has 0 aliphatic heterocycles. The molecule has 0 N–H and O–H groups in total. The van der Waals surface area contributed by atoms with Gasteiger partial charge in [-0.25, -0.2) is 0 Å². The highest BCUT2D eigenvalue weighted by Crippen LogP contribution is 2.33. The smallest absolute Gasteiger partial charge is 0.142 e. The summed E-state index contributed by atoms with van der Waals surface area (Å²) in [6.45, 7) is 0. The standard InChI is InChI=1S/C13H9ClOS/c14-12-6-2-1-5-11(12)13-8-7-10(16-13)4-3-9-15/h1-9H. The van der Waals surface area contributed by atoms with Crippen LogP contribution in [0.15, 0.2) is 42.5 Å². The zero-order valence-electron chi connectivity index (χ0n) is 8.39. The SMILES string of the molecule is O=CC=Cc1ccc(-c2ccccc2Cl)s1. The maximum Gasteiger partial charge on any atom is 0.142 e. The third kappa shape index (κ3) is 2.40. The van der Waals surface area contributed by atoms with Gasteiger partial charge in [0.05, 0.1) is 0 Å². The fraction of sp³-hybridized carbons (Fsp3) is 0. The van der Waals surface area contributed by atoms with Crippen molar-refractivity contribution in [2.24, 2.45) is 0 Å². The number of rotatable bonds is 3. The van der Waals surface area contributed by atoms with Crippen LogP contribution in [0.2, 0.25) is 5.02 Å². The Hall–Kier alpha value is -1.38. The van der Waals surface area contributed by atoms with Crippen LogP contribution >= 0.6 is 22.9 Å². The van der Waals surface area contributed by atoms with Crippen molar-refractivity contribution in [1.29, 1.82) is 0 Å². The molecule has 2 rings (SSSR count). The lowest BCUT2D eigenvalue weighted by Crippen LogP contribution is -1.72. The molecule has 0 amide bonds. The Kier molecular flexibility index (Phi) is 3.54. The van der Waals surface area contributed by atoms with Gasteiger partial charge in [-0.3, -0.25) is 4.79 Å². The molecular formula is C13H9ClOS. The first kappa shape index (κ1) is 11.1. The molecule has 0 bridgehead atoms. The summed E-state index contributed by atoms with van der Waals surface area (Å²) in [5, 5.41) is 0.746. The predicted octanol–water partition coefficient (Wildman–Crippen LogP) is 4.28. The quantitative estimate of drug-likeness (QED) is 0.585. The first-order valence-electron chi connectivity index (χ1n) is 4.78. The van der Waals surface area contributed by atoms with Crippen LogP contribution in [0.25, 0.3) is 16.5 Å². The molecule has 0 spiro atoms. The van der Waals surface area contributed by atoms with E-state index in [1.807, 2.05) is 36.4 Å². The van der Waals surface area contributed by atoms with E-state index < -0.39 is 0 Å². The van der Waals surface area contributed by atoms with Crippen LogP contribution in [0.5, 0.6) is 0 Å². The van der Waals surface area contributed by atoms with Crippen LogP contribution in [-0.4, -0.2) is 6.29 Å². The van der Waals surface area contributed by atoms with Gasteiger partial charge in [-0.2, -0.15) is 0 Å². The number of thiophene rings is 1. The number of allylic oxidation sites excluding steroid dienone is 1. The maximum absolute atomic E-state index is 10.2. The minimum Gasteiger partial charge on any atom is -0.299 e. The average molecular weight is 249 g/mol. The zero-order valence-corrected chi connectivity index (χ0v) is 9.96. The fourth-order valence-corrected chi connectivity index (χ4v) is 2.64. The van der Waals surface area contributed by atoms with E-state index in [1.165, 1.54) is 6.08 Å². The topological polar surface area (TPSA) is 17.1 Å². The van der Waals surface area contributed by atoms with E-state index in [9.17, 15) is 4.79 Å². The van der Waals surface area contributed by atoms with E-state index in [-0.39, 0.29) is 0 Å². The van der Waals surface area contributed by atoms with E-state index in [2.05, 4.69) is 0 Å². The van der Waals surface area contributed by atoms with E-state index in [0.717, 1.165) is 26.6 Å². The molecule has 0 aliphatic carbocycles. The number of carbonyl (C=O) groups is 1. The number of halogens is 1. The number of hydrogen-bond acceptors (Lipinski definition) is 2. The highest BCUT2D eigenvalue weighted by Gasteiger charge is 2.04. The molecule has 3 heteroatoms. The molecule has 1 aromatic carbocycles. The minimum atomic E-state index is 0.746. The van der Waals surface area contributed by atoms with Gasteiger partial charge in [-0.15, -0.1) is 11.3 Å². The second-order valence-corrected chi connectivity index (χ2v) is 4.70. The molecule has 1 nitrogen and oxygen atoms in total. The zero-order chi connectivity index (χ0) is 11.4. The lowest BCUT2D eigenvalue weighted by Gasteiger charge is -1.99. The molecule has 2 aromatic rings. The Labute approximate surface area is 103 Å². The van der Waals surface area contributed by atoms with Gasteiger partial charge in [0.1, 0.15) is 6.29 Å². The van der Waals surface area contributed by atoms with Crippen molar-refractivity contribution in [3.05, 3.63) is 52.4 Å². The van der Waals surface area contributed by atoms with Crippen LogP contribution in [0, 0.1) is 0 Å². The molecule has 0 aliphatic rings. The van der Waals surface area contributed by atoms with Gasteiger partial charge < -0.3 is 0 Å². The summed E-state index contributed by atoms with van der Waals surface area (Å²) in [5.74, 6) is 0. The summed E-state index contributed by atoms with van der Waals surface area (Å²) in [7, 11) is 0. The Morgan fingerprint density at radius 3 is 2.69 bits per heavy atom. The van der Waals surface area contributed by atoms with Crippen molar-refractivity contribution < 1.29 is 4.79 Å². The molecule has 1 aromatic heterocycles. The van der Waals surface area contributed by atoms with Crippen LogP contribution in [-0.2, 0) is 4.79 Å². The highest BCUT2D eigenvalue weighted by atomic mass is 35.5. The van der Waals surface area contributed by atoms with Crippen LogP contribution < -0.4 is 0 Å². The van der Waals surface area contributed by atoms with Crippen molar-refractivity contribution in [2.75, 3.05) is 0 Å². The first-order valence-corrected chi connectivity index (χ1v) is 5.97. The van der Waals surface area contributed by atoms with Crippen molar-refractivity contribution >= 4 is 35.3 Å². The first-order chi connectivity index (χ1) is 7.81. The Morgan fingerprint density at radius 2 is 1.94 bits per heavy atom. The molecule has 0 radical (unpaired) electrons. The van der Waals surface area contributed by atoms with Crippen molar-refractivity contribution in [1.82, 2.24) is 0 Å². The van der Waals surface area contributed by atoms with Gasteiger partial charge in [0.25, 0.3) is 0 Å². The molecule has 16 heavy (non-hydrogen) atoms. The van der Waals surface area contributed by atoms with Crippen LogP contribution in [0.3, 0.4) is 0 Å². The molecular weight excluding hydrogens is 240 g/mol. The average Bonchev–Trinajstić information content (AvgIpc) is 2.75. The Balaban J connectivity index is 2.35. The van der Waals surface area contributed by atoms with E-state index in [4.69, 9.17) is 11.6 Å². The van der Waals surface area contributed by atoms with Crippen molar-refractivity contribution in [3.8, 4) is 10.4 Å². The molecule has 0 saturated carbocycles. The van der Waals surface area contributed by atoms with E-state index >= 15 is 0 Å². The maximum atomic E-state index is 10.2. The summed E-state index contributed by atoms with van der Waals surface area (Å²) in [6, 6.07) is 11.7. The van der Waals surface area contributed by atoms with Crippen molar-refractivity contribution in [2.45, 2.75) is 0 Å². The third-order valence-corrected chi connectivity index (χ3v) is 3.52. The summed E-state index contributed by atoms with van der Waals surface area (Å²) >= 11 is 7.71. The molecule has 0 saturated heterocycles. The second kappa shape index (κ2) is 5.10. The predicted molar refractivity (Wildman–Crippen MR) is 69.9 cm³/mol. The fourth-order valence-electron chi connectivity index (χ4n) is 1.38. The van der Waals surface area contributed by atoms with Crippen LogP contribution in [0.4, 0.5) is 0 Å². The third-order valence-electron chi connectivity index (χ3n) is 2.11. The minimum absolute atomic E-state index is 0.746.